The number of hydrogen-bond donors (Lipinski definition) is 2. The normalized spacial score (nSPS) is 24.1. The summed E-state index contributed by atoms with van der Waals surface area (Å²) in [4.78, 5) is 12.0. The van der Waals surface area contributed by atoms with Crippen LogP contribution < -0.4 is 11.1 Å². The van der Waals surface area contributed by atoms with Gasteiger partial charge in [-0.25, -0.2) is 0 Å². The molecule has 0 aliphatic heterocycles. The van der Waals surface area contributed by atoms with E-state index in [2.05, 4.69) is 5.32 Å². The van der Waals surface area contributed by atoms with Crippen molar-refractivity contribution in [2.24, 2.45) is 11.7 Å². The number of carbonyl (C=O) groups excluding carboxylic acids is 1. The zero-order valence-corrected chi connectivity index (χ0v) is 11.5. The Morgan fingerprint density at radius 2 is 1.78 bits per heavy atom. The average Bonchev–Trinajstić information content (AvgIpc) is 2.87. The third kappa shape index (κ3) is 3.71. The lowest BCUT2D eigenvalue weighted by atomic mass is 9.86. The van der Waals surface area contributed by atoms with Gasteiger partial charge in [-0.05, 0) is 25.2 Å². The molecule has 18 heavy (non-hydrogen) atoms. The number of nitrogens with two attached hydrogens (primary N) is 1. The van der Waals surface area contributed by atoms with Crippen molar-refractivity contribution in [1.82, 2.24) is 5.32 Å². The summed E-state index contributed by atoms with van der Waals surface area (Å²) in [6.07, 6.45) is 13.1. The molecule has 1 amide bonds. The summed E-state index contributed by atoms with van der Waals surface area (Å²) in [5.41, 5.74) is 5.78. The van der Waals surface area contributed by atoms with Gasteiger partial charge in [-0.3, -0.25) is 4.79 Å². The molecule has 2 fully saturated rings. The van der Waals surface area contributed by atoms with Gasteiger partial charge in [-0.2, -0.15) is 0 Å². The molecule has 0 bridgehead atoms. The Kier molecular flexibility index (Phi) is 5.04. The van der Waals surface area contributed by atoms with Crippen LogP contribution in [0, 0.1) is 5.92 Å². The van der Waals surface area contributed by atoms with Crippen molar-refractivity contribution in [3.05, 3.63) is 0 Å². The van der Waals surface area contributed by atoms with Gasteiger partial charge in [0, 0.05) is 13.0 Å². The molecule has 3 nitrogen and oxygen atoms in total. The van der Waals surface area contributed by atoms with E-state index in [1.165, 1.54) is 44.9 Å². The summed E-state index contributed by atoms with van der Waals surface area (Å²) in [6.45, 7) is 0.599. The predicted molar refractivity (Wildman–Crippen MR) is 74.2 cm³/mol. The van der Waals surface area contributed by atoms with Gasteiger partial charge in [0.05, 0.1) is 5.54 Å². The summed E-state index contributed by atoms with van der Waals surface area (Å²) in [5, 5.41) is 3.22. The van der Waals surface area contributed by atoms with Crippen LogP contribution in [-0.2, 0) is 4.79 Å². The lowest BCUT2D eigenvalue weighted by Gasteiger charge is -2.29. The van der Waals surface area contributed by atoms with Crippen molar-refractivity contribution in [3.63, 3.8) is 0 Å². The van der Waals surface area contributed by atoms with Gasteiger partial charge in [-0.15, -0.1) is 0 Å². The number of amides is 1. The Morgan fingerprint density at radius 1 is 1.11 bits per heavy atom. The molecule has 0 aromatic carbocycles. The van der Waals surface area contributed by atoms with Crippen LogP contribution >= 0.6 is 0 Å². The zero-order valence-electron chi connectivity index (χ0n) is 11.5. The van der Waals surface area contributed by atoms with E-state index < -0.39 is 0 Å². The lowest BCUT2D eigenvalue weighted by Crippen LogP contribution is -2.51. The third-order valence-corrected chi connectivity index (χ3v) is 4.86. The fourth-order valence-corrected chi connectivity index (χ4v) is 3.60. The Labute approximate surface area is 111 Å². The first-order valence-electron chi connectivity index (χ1n) is 7.75. The van der Waals surface area contributed by atoms with Crippen LogP contribution in [0.1, 0.15) is 70.6 Å². The molecule has 2 rings (SSSR count). The minimum atomic E-state index is -0.0658. The first-order valence-corrected chi connectivity index (χ1v) is 7.75. The van der Waals surface area contributed by atoms with Crippen molar-refractivity contribution >= 4 is 5.91 Å². The van der Waals surface area contributed by atoms with Crippen LogP contribution in [0.5, 0.6) is 0 Å². The number of rotatable bonds is 5. The van der Waals surface area contributed by atoms with Crippen LogP contribution in [0.15, 0.2) is 0 Å². The highest BCUT2D eigenvalue weighted by atomic mass is 16.1. The zero-order chi connectivity index (χ0) is 12.8. The van der Waals surface area contributed by atoms with E-state index >= 15 is 0 Å². The second kappa shape index (κ2) is 6.55. The smallest absolute Gasteiger partial charge is 0.220 e. The fourth-order valence-electron chi connectivity index (χ4n) is 3.60. The summed E-state index contributed by atoms with van der Waals surface area (Å²) >= 11 is 0. The molecule has 0 spiro atoms. The van der Waals surface area contributed by atoms with Gasteiger partial charge in [0.25, 0.3) is 0 Å². The van der Waals surface area contributed by atoms with Crippen LogP contribution in [0.2, 0.25) is 0 Å². The van der Waals surface area contributed by atoms with Crippen molar-refractivity contribution in [3.8, 4) is 0 Å². The molecule has 0 unspecified atom stereocenters. The highest BCUT2D eigenvalue weighted by molar-refractivity contribution is 5.76. The van der Waals surface area contributed by atoms with E-state index in [1.54, 1.807) is 0 Å². The minimum absolute atomic E-state index is 0.0658. The Bertz CT molecular complexity index is 266. The highest BCUT2D eigenvalue weighted by Gasteiger charge is 2.33. The maximum absolute atomic E-state index is 12.0. The average molecular weight is 252 g/mol. The molecule has 0 aromatic heterocycles. The van der Waals surface area contributed by atoms with Crippen LogP contribution in [0.4, 0.5) is 0 Å². The van der Waals surface area contributed by atoms with Gasteiger partial charge < -0.3 is 11.1 Å². The van der Waals surface area contributed by atoms with E-state index in [-0.39, 0.29) is 11.4 Å². The molecule has 0 aromatic rings. The van der Waals surface area contributed by atoms with E-state index in [0.29, 0.717) is 13.0 Å². The van der Waals surface area contributed by atoms with Crippen molar-refractivity contribution in [2.75, 3.05) is 6.54 Å². The standard InChI is InChI=1S/C15H28N2O/c16-12-15(10-4-5-11-15)17-14(18)9-8-13-6-2-1-3-7-13/h13H,1-12,16H2,(H,17,18). The summed E-state index contributed by atoms with van der Waals surface area (Å²) in [6, 6.07) is 0. The van der Waals surface area contributed by atoms with Gasteiger partial charge in [0.2, 0.25) is 5.91 Å². The number of carbonyl (C=O) groups is 1. The fraction of sp³-hybridized carbons (Fsp3) is 0.933. The van der Waals surface area contributed by atoms with E-state index in [0.717, 1.165) is 25.2 Å². The van der Waals surface area contributed by atoms with Crippen LogP contribution in [0.3, 0.4) is 0 Å². The van der Waals surface area contributed by atoms with Crippen LogP contribution in [-0.4, -0.2) is 18.0 Å². The Hall–Kier alpha value is -0.570. The van der Waals surface area contributed by atoms with Gasteiger partial charge >= 0.3 is 0 Å². The predicted octanol–water partition coefficient (Wildman–Crippen LogP) is 2.73. The molecule has 0 heterocycles. The van der Waals surface area contributed by atoms with Gasteiger partial charge in [0.1, 0.15) is 0 Å². The molecular weight excluding hydrogens is 224 g/mol. The first kappa shape index (κ1) is 13.9. The molecule has 0 atom stereocenters. The largest absolute Gasteiger partial charge is 0.349 e. The van der Waals surface area contributed by atoms with E-state index in [9.17, 15) is 4.79 Å². The molecule has 2 aliphatic rings. The first-order chi connectivity index (χ1) is 8.74. The summed E-state index contributed by atoms with van der Waals surface area (Å²) in [7, 11) is 0. The third-order valence-electron chi connectivity index (χ3n) is 4.86. The minimum Gasteiger partial charge on any atom is -0.349 e. The second-order valence-corrected chi connectivity index (χ2v) is 6.28. The van der Waals surface area contributed by atoms with E-state index in [1.807, 2.05) is 0 Å². The maximum atomic E-state index is 12.0. The van der Waals surface area contributed by atoms with Crippen molar-refractivity contribution in [1.29, 1.82) is 0 Å². The molecule has 2 aliphatic carbocycles. The maximum Gasteiger partial charge on any atom is 0.220 e. The SMILES string of the molecule is NCC1(NC(=O)CCC2CCCCC2)CCCC1. The highest BCUT2D eigenvalue weighted by Crippen LogP contribution is 2.30. The Morgan fingerprint density at radius 3 is 2.39 bits per heavy atom. The molecule has 3 heteroatoms. The molecule has 0 radical (unpaired) electrons. The van der Waals surface area contributed by atoms with Gasteiger partial charge in [0.15, 0.2) is 0 Å². The molecule has 104 valence electrons. The van der Waals surface area contributed by atoms with E-state index in [4.69, 9.17) is 5.73 Å². The van der Waals surface area contributed by atoms with Crippen molar-refractivity contribution < 1.29 is 4.79 Å². The van der Waals surface area contributed by atoms with Crippen LogP contribution in [0.25, 0.3) is 0 Å². The number of nitrogens with one attached hydrogen (secondary N) is 1. The van der Waals surface area contributed by atoms with Gasteiger partial charge in [-0.1, -0.05) is 44.9 Å². The topological polar surface area (TPSA) is 55.1 Å². The second-order valence-electron chi connectivity index (χ2n) is 6.28. The molecule has 0 saturated heterocycles. The lowest BCUT2D eigenvalue weighted by molar-refractivity contribution is -0.123. The summed E-state index contributed by atoms with van der Waals surface area (Å²) in [5.74, 6) is 1.02. The number of hydrogen-bond acceptors (Lipinski definition) is 2. The molecule has 2 saturated carbocycles. The quantitative estimate of drug-likeness (QED) is 0.790. The van der Waals surface area contributed by atoms with Crippen molar-refractivity contribution in [2.45, 2.75) is 76.2 Å². The monoisotopic (exact) mass is 252 g/mol. The Balaban J connectivity index is 1.70. The molecular formula is C15H28N2O. The summed E-state index contributed by atoms with van der Waals surface area (Å²) < 4.78 is 0. The molecule has 3 N–H and O–H groups in total.